The Bertz CT molecular complexity index is 6520. The summed E-state index contributed by atoms with van der Waals surface area (Å²) in [4.78, 5) is 64.1. The Hall–Kier alpha value is -13.6. The second-order valence-electron chi connectivity index (χ2n) is 40.1. The maximum Gasteiger partial charge on any atom is 0.437 e. The molecule has 13 aromatic rings. The highest BCUT2D eigenvalue weighted by atomic mass is 79.9. The van der Waals surface area contributed by atoms with Crippen molar-refractivity contribution in [1.82, 2.24) is 45.3 Å². The van der Waals surface area contributed by atoms with Crippen molar-refractivity contribution < 1.29 is 63.8 Å². The molecule has 23 nitrogen and oxygen atoms in total. The number of hydrogen-bond donors (Lipinski definition) is 3. The average Bonchev–Trinajstić information content (AvgIpc) is 1.57. The number of pyridine rings is 2. The Labute approximate surface area is 885 Å². The molecule has 2 aliphatic heterocycles. The fraction of sp³-hybridized carbons (Fsp3) is 0.398. The van der Waals surface area contributed by atoms with Crippen molar-refractivity contribution in [2.24, 2.45) is 20.5 Å². The molecule has 2 amide bonds. The SMILES string of the molecule is CC(C)c1cc(=O)[nH]cn1.CC(C)c1cc(Br)cc(-c2ccco2)c1.CC(C)c1cc(C#CCCC(=O)OC(C)(C)C)cc(-c2ccco2)c1.CC(C)c1ccc(-n2cncn2)cc1.CC(C)c1ccc(C#CCNC(=O)OC(C)(C)C)c(-c2ccco2)c1.CC(C)c1ccc(CNC(=O)CCC2(C(F)(F)F)N=N2)cc1.CC(C)c1cccc(C2(C(C)(F)F)N=N2)c1.CC(C)c1cncc(Br)c1.COc1cncc(C(C)C)c1. The molecule has 0 radical (unpaired) electrons. The normalized spacial score (nSPS) is 12.3. The molecule has 9 heterocycles. The van der Waals surface area contributed by atoms with E-state index in [1.807, 2.05) is 167 Å². The van der Waals surface area contributed by atoms with Crippen LogP contribution in [-0.4, -0.2) is 95.3 Å². The number of nitrogens with one attached hydrogen (secondary N) is 3. The lowest BCUT2D eigenvalue weighted by Crippen LogP contribution is -2.34. The quantitative estimate of drug-likeness (QED) is 0.0288. The molecule has 0 spiro atoms. The van der Waals surface area contributed by atoms with E-state index in [1.54, 1.807) is 67.5 Å². The predicted molar refractivity (Wildman–Crippen MR) is 584 cm³/mol. The summed E-state index contributed by atoms with van der Waals surface area (Å²) in [7, 11) is 1.65. The van der Waals surface area contributed by atoms with Gasteiger partial charge in [-0.3, -0.25) is 24.4 Å². The van der Waals surface area contributed by atoms with Crippen LogP contribution in [0.4, 0.5) is 26.7 Å². The third-order valence-electron chi connectivity index (χ3n) is 22.4. The number of methoxy groups -OCH3 is 1. The van der Waals surface area contributed by atoms with Gasteiger partial charge in [0.1, 0.15) is 46.9 Å². The minimum absolute atomic E-state index is 0.0845. The lowest BCUT2D eigenvalue weighted by molar-refractivity contribution is -0.165. The highest BCUT2D eigenvalue weighted by Gasteiger charge is 2.63. The van der Waals surface area contributed by atoms with E-state index in [1.165, 1.54) is 57.7 Å². The molecule has 788 valence electrons. The number of hydrogen-bond acceptors (Lipinski definition) is 19. The zero-order valence-electron chi connectivity index (χ0n) is 89.7. The average molecular weight is 2160 g/mol. The molecule has 0 bridgehead atoms. The van der Waals surface area contributed by atoms with Gasteiger partial charge in [-0.1, -0.05) is 231 Å². The van der Waals surface area contributed by atoms with Gasteiger partial charge in [0, 0.05) is 99.7 Å². The molecule has 0 fully saturated rings. The lowest BCUT2D eigenvalue weighted by Gasteiger charge is -2.19. The Morgan fingerprint density at radius 1 is 0.486 bits per heavy atom. The molecule has 30 heteroatoms. The molecule has 2 aliphatic rings. The van der Waals surface area contributed by atoms with Crippen LogP contribution in [0, 0.1) is 23.7 Å². The summed E-state index contributed by atoms with van der Waals surface area (Å²) in [5, 5.41) is 22.5. The molecular weight excluding hydrogens is 2010 g/mol. The van der Waals surface area contributed by atoms with Crippen molar-refractivity contribution in [2.75, 3.05) is 13.7 Å². The van der Waals surface area contributed by atoms with Crippen LogP contribution in [-0.2, 0) is 31.3 Å². The number of alkyl halides is 5. The first kappa shape index (κ1) is 121. The van der Waals surface area contributed by atoms with E-state index in [4.69, 9.17) is 27.5 Å². The van der Waals surface area contributed by atoms with Crippen LogP contribution in [0.25, 0.3) is 39.7 Å². The highest BCUT2D eigenvalue weighted by molar-refractivity contribution is 9.10. The van der Waals surface area contributed by atoms with E-state index < -0.39 is 53.0 Å². The van der Waals surface area contributed by atoms with Gasteiger partial charge < -0.3 is 43.1 Å². The fourth-order valence-corrected chi connectivity index (χ4v) is 14.4. The monoisotopic (exact) mass is 2150 g/mol. The molecule has 7 aromatic heterocycles. The number of ether oxygens (including phenoxy) is 3. The first-order valence-corrected chi connectivity index (χ1v) is 51.0. The van der Waals surface area contributed by atoms with Crippen molar-refractivity contribution in [3.63, 3.8) is 0 Å². The van der Waals surface area contributed by atoms with E-state index in [0.717, 1.165) is 89.2 Å². The number of carbonyl (C=O) groups is 3. The van der Waals surface area contributed by atoms with E-state index in [2.05, 4.69) is 286 Å². The van der Waals surface area contributed by atoms with Crippen molar-refractivity contribution in [3.8, 4) is 69.1 Å². The Kier molecular flexibility index (Phi) is 47.3. The standard InChI is InChI=1S/C22H26O3.C21H25NO3.C15H18F3N3O.C13H13BrO.C12H14F2N2.C11H13N3.C9H13NO.C8H10BrN.C7H10N2O/c1-16(2)18-13-17(14-19(15-18)20-10-8-12-24-20)9-6-7-11-21(23)25-22(3,4)5;1-15(2)17-11-10-16(18(14-17)19-9-7-13-24-19)8-6-12-22-20(23)25-21(3,4)5;1-10(2)12-5-3-11(4-6-12)9-19-13(22)7-8-14(20-21-14)15(16,17)18;1-9(2)10-6-11(8-12(14)7-10)13-4-3-5-15-13;1-8(2)9-5-4-6-10(7-9)12(15-16-12)11(3,13)14;1-9(2)10-3-5-11(6-4-10)14-8-12-7-13-14;1-7(2)8-4-9(11-3)6-10-5-8;1-6(2)7-3-8(9)5-10-4-7;1-5(2)6-3-7(10)9-4-8-6/h8,10,12-16H,7,11H2,1-5H3;7,9-11,13-15H,12H2,1-5H3,(H,22,23);3-6,10H,7-9H2,1-2H3,(H,19,22);3-9H,1-2H3;4-8H,1-3H3;3-9H,1-2H3;4-7H,1-3H3;3-6H,1-2H3;3-5H,1-2H3,(H,8,9,10). The van der Waals surface area contributed by atoms with E-state index in [0.29, 0.717) is 78.2 Å². The van der Waals surface area contributed by atoms with Crippen LogP contribution in [0.1, 0.15) is 324 Å². The summed E-state index contributed by atoms with van der Waals surface area (Å²) >= 11 is 6.89. The van der Waals surface area contributed by atoms with E-state index in [-0.39, 0.29) is 24.5 Å². The van der Waals surface area contributed by atoms with E-state index >= 15 is 0 Å². The second-order valence-corrected chi connectivity index (χ2v) is 41.9. The number of nitrogens with zero attached hydrogens (tertiary/aromatic N) is 10. The molecule has 148 heavy (non-hydrogen) atoms. The minimum Gasteiger partial charge on any atom is -0.495 e. The molecular formula is C118H142Br2F5N13O10. The highest BCUT2D eigenvalue weighted by Crippen LogP contribution is 2.52. The Morgan fingerprint density at radius 3 is 1.48 bits per heavy atom. The van der Waals surface area contributed by atoms with Gasteiger partial charge in [-0.2, -0.15) is 18.3 Å². The third-order valence-corrected chi connectivity index (χ3v) is 23.3. The number of rotatable bonds is 24. The van der Waals surface area contributed by atoms with Crippen LogP contribution in [0.15, 0.2) is 292 Å². The first-order valence-electron chi connectivity index (χ1n) is 49.4. The van der Waals surface area contributed by atoms with Crippen LogP contribution in [0.3, 0.4) is 0 Å². The maximum absolute atomic E-state index is 13.4. The molecule has 0 unspecified atom stereocenters. The summed E-state index contributed by atoms with van der Waals surface area (Å²) < 4.78 is 100. The van der Waals surface area contributed by atoms with Crippen LogP contribution >= 0.6 is 31.9 Å². The predicted octanol–water partition coefficient (Wildman–Crippen LogP) is 31.8. The summed E-state index contributed by atoms with van der Waals surface area (Å²) in [5.41, 5.74) is 12.9. The number of H-pyrrole nitrogens is 1. The zero-order chi connectivity index (χ0) is 109. The van der Waals surface area contributed by atoms with Gasteiger partial charge in [0.2, 0.25) is 5.91 Å². The Balaban J connectivity index is 0.000000229. The van der Waals surface area contributed by atoms with Gasteiger partial charge in [0.15, 0.2) is 0 Å². The van der Waals surface area contributed by atoms with Crippen LogP contribution in [0.2, 0.25) is 0 Å². The van der Waals surface area contributed by atoms with Gasteiger partial charge in [-0.15, -0.1) is 20.5 Å². The van der Waals surface area contributed by atoms with Crippen molar-refractivity contribution in [1.29, 1.82) is 0 Å². The number of alkyl carbamates (subject to hydrolysis) is 1. The Morgan fingerprint density at radius 2 is 1.01 bits per heavy atom. The molecule has 6 aromatic carbocycles. The fourth-order valence-electron chi connectivity index (χ4n) is 13.5. The van der Waals surface area contributed by atoms with Crippen molar-refractivity contribution in [2.45, 2.75) is 293 Å². The summed E-state index contributed by atoms with van der Waals surface area (Å²) in [6.07, 6.45) is 12.1. The number of aromatic nitrogens is 7. The molecule has 3 N–H and O–H groups in total. The molecule has 0 saturated heterocycles. The number of furan rings is 3. The first-order chi connectivity index (χ1) is 69.7. The smallest absolute Gasteiger partial charge is 0.437 e. The van der Waals surface area contributed by atoms with Gasteiger partial charge in [0.25, 0.3) is 22.8 Å². The number of aromatic amines is 1. The molecule has 15 rings (SSSR count). The lowest BCUT2D eigenvalue weighted by atomic mass is 9.93. The van der Waals surface area contributed by atoms with Crippen LogP contribution in [0.5, 0.6) is 5.75 Å². The van der Waals surface area contributed by atoms with Gasteiger partial charge >= 0.3 is 18.2 Å². The summed E-state index contributed by atoms with van der Waals surface area (Å²) in [6.45, 7) is 50.6. The minimum atomic E-state index is -4.51. The zero-order valence-corrected chi connectivity index (χ0v) is 92.9. The van der Waals surface area contributed by atoms with E-state index in [9.17, 15) is 41.1 Å². The van der Waals surface area contributed by atoms with Gasteiger partial charge in [0.05, 0.1) is 62.8 Å². The number of carbonyl (C=O) groups excluding carboxylic acids is 3. The largest absolute Gasteiger partial charge is 0.495 e. The number of benzene rings is 6. The maximum atomic E-state index is 13.4. The molecule has 0 atom stereocenters. The number of esters is 1. The van der Waals surface area contributed by atoms with Crippen molar-refractivity contribution in [3.05, 3.63) is 336 Å². The number of halogens is 7. The van der Waals surface area contributed by atoms with Gasteiger partial charge in [-0.25, -0.2) is 28.2 Å². The van der Waals surface area contributed by atoms with Crippen molar-refractivity contribution >= 4 is 49.8 Å². The summed E-state index contributed by atoms with van der Waals surface area (Å²) in [6, 6.07) is 59.2. The summed E-state index contributed by atoms with van der Waals surface area (Å²) in [5.74, 6) is 16.1. The topological polar surface area (TPSA) is 294 Å². The molecule has 0 aliphatic carbocycles. The van der Waals surface area contributed by atoms with Gasteiger partial charge in [-0.05, 0) is 270 Å². The number of amides is 2. The second kappa shape index (κ2) is 57.7. The third kappa shape index (κ3) is 41.6. The molecule has 0 saturated carbocycles. The van der Waals surface area contributed by atoms with Crippen LogP contribution < -0.4 is 20.9 Å².